The smallest absolute Gasteiger partial charge is 0.494 e. The second kappa shape index (κ2) is 4.72. The summed E-state index contributed by atoms with van der Waals surface area (Å²) >= 11 is 0. The molecular weight excluding hydrogens is 260 g/mol. The minimum absolute atomic E-state index is 0.110. The second-order valence-electron chi connectivity index (χ2n) is 5.39. The molecule has 0 aliphatic carbocycles. The van der Waals surface area contributed by atoms with E-state index in [1.807, 2.05) is 13.8 Å². The lowest BCUT2D eigenvalue weighted by atomic mass is 9.73. The molecular formula is C12H14BF3O3. The molecule has 3 nitrogen and oxygen atoms in total. The zero-order valence-corrected chi connectivity index (χ0v) is 10.6. The van der Waals surface area contributed by atoms with Crippen LogP contribution < -0.4 is 5.46 Å². The van der Waals surface area contributed by atoms with Crippen LogP contribution in [0.3, 0.4) is 0 Å². The Kier molecular flexibility index (Phi) is 3.53. The third kappa shape index (κ3) is 3.22. The molecule has 0 spiro atoms. The Balaban J connectivity index is 2.30. The molecule has 1 aromatic carbocycles. The summed E-state index contributed by atoms with van der Waals surface area (Å²) < 4.78 is 49.4. The summed E-state index contributed by atoms with van der Waals surface area (Å²) in [5, 5.41) is 9.20. The van der Waals surface area contributed by atoms with Crippen LogP contribution in [0.15, 0.2) is 18.2 Å². The van der Waals surface area contributed by atoms with Gasteiger partial charge in [-0.25, -0.2) is 0 Å². The van der Waals surface area contributed by atoms with Gasteiger partial charge < -0.3 is 14.4 Å². The van der Waals surface area contributed by atoms with Crippen LogP contribution >= 0.6 is 0 Å². The predicted octanol–water partition coefficient (Wildman–Crippen LogP) is 2.18. The second-order valence-corrected chi connectivity index (χ2v) is 5.39. The first kappa shape index (κ1) is 14.2. The molecule has 1 aliphatic rings. The summed E-state index contributed by atoms with van der Waals surface area (Å²) in [6.07, 6.45) is -4.56. The largest absolute Gasteiger partial charge is 0.508 e. The SMILES string of the molecule is CC1(C)COB(c2ccc(O)cc2C(F)(F)F)OC1. The van der Waals surface area contributed by atoms with Gasteiger partial charge in [0.05, 0.1) is 5.56 Å². The van der Waals surface area contributed by atoms with Crippen molar-refractivity contribution >= 4 is 12.6 Å². The molecule has 104 valence electrons. The molecule has 1 aliphatic heterocycles. The van der Waals surface area contributed by atoms with Crippen molar-refractivity contribution in [2.75, 3.05) is 13.2 Å². The molecule has 0 aromatic heterocycles. The number of halogens is 3. The molecule has 0 unspecified atom stereocenters. The molecule has 2 rings (SSSR count). The zero-order chi connectivity index (χ0) is 14.3. The highest BCUT2D eigenvalue weighted by Crippen LogP contribution is 2.31. The first-order valence-corrected chi connectivity index (χ1v) is 5.82. The summed E-state index contributed by atoms with van der Waals surface area (Å²) in [6.45, 7) is 4.45. The quantitative estimate of drug-likeness (QED) is 0.798. The molecule has 0 saturated carbocycles. The van der Waals surface area contributed by atoms with Gasteiger partial charge >= 0.3 is 13.3 Å². The van der Waals surface area contributed by atoms with Crippen molar-refractivity contribution in [1.29, 1.82) is 0 Å². The van der Waals surface area contributed by atoms with E-state index in [1.54, 1.807) is 0 Å². The van der Waals surface area contributed by atoms with Gasteiger partial charge in [0.25, 0.3) is 0 Å². The number of benzene rings is 1. The van der Waals surface area contributed by atoms with Crippen LogP contribution in [0, 0.1) is 5.41 Å². The van der Waals surface area contributed by atoms with E-state index in [0.717, 1.165) is 0 Å². The van der Waals surface area contributed by atoms with Crippen molar-refractivity contribution in [3.05, 3.63) is 23.8 Å². The van der Waals surface area contributed by atoms with Gasteiger partial charge in [-0.2, -0.15) is 13.2 Å². The van der Waals surface area contributed by atoms with Gasteiger partial charge in [0.15, 0.2) is 0 Å². The van der Waals surface area contributed by atoms with E-state index in [-0.39, 0.29) is 10.9 Å². The lowest BCUT2D eigenvalue weighted by molar-refractivity contribution is -0.137. The Morgan fingerprint density at radius 2 is 1.79 bits per heavy atom. The lowest BCUT2D eigenvalue weighted by Gasteiger charge is -2.33. The topological polar surface area (TPSA) is 38.7 Å². The predicted molar refractivity (Wildman–Crippen MR) is 64.2 cm³/mol. The third-order valence-corrected chi connectivity index (χ3v) is 2.85. The Hall–Kier alpha value is -1.21. The van der Waals surface area contributed by atoms with E-state index in [4.69, 9.17) is 9.31 Å². The van der Waals surface area contributed by atoms with E-state index in [2.05, 4.69) is 0 Å². The van der Waals surface area contributed by atoms with Gasteiger partial charge in [0, 0.05) is 18.6 Å². The van der Waals surface area contributed by atoms with E-state index in [1.165, 1.54) is 12.1 Å². The first-order valence-electron chi connectivity index (χ1n) is 5.82. The number of phenols is 1. The summed E-state index contributed by atoms with van der Waals surface area (Å²) in [5.74, 6) is -0.438. The molecule has 1 N–H and O–H groups in total. The van der Waals surface area contributed by atoms with E-state index >= 15 is 0 Å². The minimum Gasteiger partial charge on any atom is -0.508 e. The van der Waals surface area contributed by atoms with Gasteiger partial charge in [-0.1, -0.05) is 19.9 Å². The molecule has 7 heteroatoms. The number of phenolic OH excluding ortho intramolecular Hbond substituents is 1. The number of rotatable bonds is 1. The highest BCUT2D eigenvalue weighted by atomic mass is 19.4. The van der Waals surface area contributed by atoms with Crippen LogP contribution in [0.5, 0.6) is 5.75 Å². The van der Waals surface area contributed by atoms with Crippen molar-refractivity contribution in [2.24, 2.45) is 5.41 Å². The van der Waals surface area contributed by atoms with Crippen molar-refractivity contribution in [2.45, 2.75) is 20.0 Å². The number of aromatic hydroxyl groups is 1. The van der Waals surface area contributed by atoms with E-state index < -0.39 is 24.6 Å². The fourth-order valence-electron chi connectivity index (χ4n) is 1.87. The summed E-state index contributed by atoms with van der Waals surface area (Å²) in [5.41, 5.74) is -1.26. The fourth-order valence-corrected chi connectivity index (χ4v) is 1.87. The Morgan fingerprint density at radius 3 is 2.32 bits per heavy atom. The minimum atomic E-state index is -4.56. The van der Waals surface area contributed by atoms with Crippen molar-refractivity contribution in [1.82, 2.24) is 0 Å². The van der Waals surface area contributed by atoms with Crippen molar-refractivity contribution < 1.29 is 27.6 Å². The number of hydrogen-bond donors (Lipinski definition) is 1. The van der Waals surface area contributed by atoms with Crippen LogP contribution in [0.2, 0.25) is 0 Å². The van der Waals surface area contributed by atoms with Gasteiger partial charge in [-0.3, -0.25) is 0 Å². The number of hydrogen-bond acceptors (Lipinski definition) is 3. The average molecular weight is 274 g/mol. The molecule has 1 saturated heterocycles. The summed E-state index contributed by atoms with van der Waals surface area (Å²) in [6, 6.07) is 3.06. The maximum Gasteiger partial charge on any atom is 0.494 e. The summed E-state index contributed by atoms with van der Waals surface area (Å²) in [4.78, 5) is 0. The van der Waals surface area contributed by atoms with Crippen LogP contribution in [0.4, 0.5) is 13.2 Å². The zero-order valence-electron chi connectivity index (χ0n) is 10.6. The van der Waals surface area contributed by atoms with Crippen LogP contribution in [0.25, 0.3) is 0 Å². The fraction of sp³-hybridized carbons (Fsp3) is 0.500. The lowest BCUT2D eigenvalue weighted by Crippen LogP contribution is -2.49. The highest BCUT2D eigenvalue weighted by molar-refractivity contribution is 6.62. The molecule has 1 aromatic rings. The molecule has 1 heterocycles. The average Bonchev–Trinajstić information content (AvgIpc) is 2.28. The van der Waals surface area contributed by atoms with Gasteiger partial charge in [0.1, 0.15) is 5.75 Å². The maximum atomic E-state index is 12.9. The maximum absolute atomic E-state index is 12.9. The molecule has 1 fully saturated rings. The molecule has 0 radical (unpaired) electrons. The Bertz CT molecular complexity index is 464. The Morgan fingerprint density at radius 1 is 1.21 bits per heavy atom. The van der Waals surface area contributed by atoms with Crippen LogP contribution in [-0.4, -0.2) is 25.4 Å². The van der Waals surface area contributed by atoms with Gasteiger partial charge in [0.2, 0.25) is 0 Å². The Labute approximate surface area is 109 Å². The monoisotopic (exact) mass is 274 g/mol. The van der Waals surface area contributed by atoms with E-state index in [9.17, 15) is 18.3 Å². The third-order valence-electron chi connectivity index (χ3n) is 2.85. The molecule has 0 bridgehead atoms. The number of alkyl halides is 3. The van der Waals surface area contributed by atoms with Crippen LogP contribution in [-0.2, 0) is 15.5 Å². The highest BCUT2D eigenvalue weighted by Gasteiger charge is 2.41. The van der Waals surface area contributed by atoms with E-state index in [0.29, 0.717) is 19.3 Å². The van der Waals surface area contributed by atoms with Gasteiger partial charge in [-0.05, 0) is 17.6 Å². The first-order chi connectivity index (χ1) is 8.69. The molecule has 0 atom stereocenters. The van der Waals surface area contributed by atoms with Crippen molar-refractivity contribution in [3.63, 3.8) is 0 Å². The van der Waals surface area contributed by atoms with Crippen LogP contribution in [0.1, 0.15) is 19.4 Å². The van der Waals surface area contributed by atoms with Crippen molar-refractivity contribution in [3.8, 4) is 5.75 Å². The molecule has 0 amide bonds. The summed E-state index contributed by atoms with van der Waals surface area (Å²) in [7, 11) is -1.05. The standard InChI is InChI=1S/C12H14BF3O3/c1-11(2)6-18-13(19-7-11)10-4-3-8(17)5-9(10)12(14,15)16/h3-5,17H,6-7H2,1-2H3. The molecule has 19 heavy (non-hydrogen) atoms. The normalized spacial score (nSPS) is 19.5. The van der Waals surface area contributed by atoms with Gasteiger partial charge in [-0.15, -0.1) is 0 Å².